The minimum Gasteiger partial charge on any atom is -0.395 e. The zero-order chi connectivity index (χ0) is 17.7. The summed E-state index contributed by atoms with van der Waals surface area (Å²) >= 11 is 0. The molecule has 0 radical (unpaired) electrons. The molecule has 0 spiro atoms. The number of hydrogen-bond acceptors (Lipinski definition) is 7. The van der Waals surface area contributed by atoms with E-state index >= 15 is 0 Å². The third kappa shape index (κ3) is 6.71. The first-order valence-corrected chi connectivity index (χ1v) is 9.14. The van der Waals surface area contributed by atoms with Gasteiger partial charge < -0.3 is 30.6 Å². The lowest BCUT2D eigenvalue weighted by Gasteiger charge is -2.44. The first kappa shape index (κ1) is 22.9. The van der Waals surface area contributed by atoms with Gasteiger partial charge in [0.15, 0.2) is 0 Å². The van der Waals surface area contributed by atoms with Gasteiger partial charge in [-0.25, -0.2) is 14.0 Å². The summed E-state index contributed by atoms with van der Waals surface area (Å²) < 4.78 is 17.9. The molecule has 0 saturated carbocycles. The molecule has 0 bridgehead atoms. The van der Waals surface area contributed by atoms with Crippen molar-refractivity contribution < 1.29 is 35.2 Å². The highest BCUT2D eigenvalue weighted by Crippen LogP contribution is 2.55. The molecule has 0 aliphatic rings. The Bertz CT molecular complexity index is 272. The van der Waals surface area contributed by atoms with Gasteiger partial charge in [0.05, 0.1) is 39.6 Å². The number of aliphatic hydroxyl groups excluding tert-OH is 6. The molecule has 0 unspecified atom stereocenters. The fourth-order valence-electron chi connectivity index (χ4n) is 2.35. The van der Waals surface area contributed by atoms with Crippen molar-refractivity contribution in [3.8, 4) is 0 Å². The smallest absolute Gasteiger partial charge is 0.287 e. The van der Waals surface area contributed by atoms with Crippen LogP contribution in [-0.4, -0.2) is 124 Å². The quantitative estimate of drug-likeness (QED) is 0.167. The first-order chi connectivity index (χ1) is 11.1. The van der Waals surface area contributed by atoms with Crippen LogP contribution in [0.15, 0.2) is 0 Å². The van der Waals surface area contributed by atoms with Crippen LogP contribution in [0.5, 0.6) is 0 Å². The molecule has 0 aromatic heterocycles. The van der Waals surface area contributed by atoms with Crippen LogP contribution in [0.1, 0.15) is 0 Å². The summed E-state index contributed by atoms with van der Waals surface area (Å²) in [5, 5.41) is 55.4. The Labute approximate surface area is 136 Å². The Hall–Kier alpha value is -0.130. The van der Waals surface area contributed by atoms with E-state index in [0.29, 0.717) is 0 Å². The predicted octanol–water partition coefficient (Wildman–Crippen LogP) is -3.05. The molecular formula is C12H30N3O7P. The van der Waals surface area contributed by atoms with E-state index in [4.69, 9.17) is 0 Å². The van der Waals surface area contributed by atoms with Gasteiger partial charge in [-0.05, 0) is 0 Å². The van der Waals surface area contributed by atoms with E-state index in [9.17, 15) is 35.2 Å². The molecule has 0 fully saturated rings. The van der Waals surface area contributed by atoms with E-state index in [1.54, 1.807) is 0 Å². The van der Waals surface area contributed by atoms with Gasteiger partial charge in [0.1, 0.15) is 0 Å². The van der Waals surface area contributed by atoms with Gasteiger partial charge in [-0.3, -0.25) is 4.57 Å². The SMILES string of the molecule is O=P(N(CCO)CCO)(N(CCO)CCO)N(CCO)CCO. The summed E-state index contributed by atoms with van der Waals surface area (Å²) in [5.41, 5.74) is 0. The van der Waals surface area contributed by atoms with Gasteiger partial charge in [-0.2, -0.15) is 0 Å². The van der Waals surface area contributed by atoms with Gasteiger partial charge >= 0.3 is 0 Å². The van der Waals surface area contributed by atoms with E-state index in [2.05, 4.69) is 0 Å². The summed E-state index contributed by atoms with van der Waals surface area (Å²) in [6, 6.07) is 0. The minimum atomic E-state index is -3.61. The van der Waals surface area contributed by atoms with E-state index in [-0.39, 0.29) is 78.9 Å². The van der Waals surface area contributed by atoms with Crippen molar-refractivity contribution in [3.05, 3.63) is 0 Å². The monoisotopic (exact) mass is 359 g/mol. The molecule has 0 saturated heterocycles. The summed E-state index contributed by atoms with van der Waals surface area (Å²) in [6.45, 7) is -1.83. The molecule has 0 aliphatic carbocycles. The maximum absolute atomic E-state index is 13.8. The third-order valence-corrected chi connectivity index (χ3v) is 6.66. The first-order valence-electron chi connectivity index (χ1n) is 7.58. The van der Waals surface area contributed by atoms with Crippen molar-refractivity contribution in [2.24, 2.45) is 0 Å². The van der Waals surface area contributed by atoms with Gasteiger partial charge in [0.25, 0.3) is 7.59 Å². The van der Waals surface area contributed by atoms with Crippen LogP contribution in [-0.2, 0) is 4.57 Å². The van der Waals surface area contributed by atoms with Crippen LogP contribution in [0, 0.1) is 0 Å². The summed E-state index contributed by atoms with van der Waals surface area (Å²) in [7, 11) is -3.61. The Balaban J connectivity index is 5.79. The van der Waals surface area contributed by atoms with Gasteiger partial charge in [0, 0.05) is 39.3 Å². The molecule has 11 heteroatoms. The summed E-state index contributed by atoms with van der Waals surface area (Å²) in [4.78, 5) is 0. The lowest BCUT2D eigenvalue weighted by Crippen LogP contribution is -2.46. The van der Waals surface area contributed by atoms with Gasteiger partial charge in [-0.15, -0.1) is 0 Å². The normalized spacial score (nSPS) is 12.7. The molecule has 0 aliphatic heterocycles. The number of hydrogen-bond donors (Lipinski definition) is 6. The lowest BCUT2D eigenvalue weighted by atomic mass is 10.6. The Morgan fingerprint density at radius 2 is 0.652 bits per heavy atom. The molecule has 0 heterocycles. The summed E-state index contributed by atoms with van der Waals surface area (Å²) in [6.07, 6.45) is 0. The van der Waals surface area contributed by atoms with Crippen LogP contribution in [0.3, 0.4) is 0 Å². The van der Waals surface area contributed by atoms with E-state index in [1.807, 2.05) is 0 Å². The highest BCUT2D eigenvalue weighted by Gasteiger charge is 2.41. The standard InChI is InChI=1S/C12H30N3O7P/c16-7-1-13(2-8-17)23(22,14(3-9-18)4-10-19)15(5-11-20)6-12-21/h16-21H,1-12H2. The Morgan fingerprint density at radius 1 is 0.478 bits per heavy atom. The zero-order valence-electron chi connectivity index (χ0n) is 13.4. The fourth-order valence-corrected chi connectivity index (χ4v) is 5.52. The molecular weight excluding hydrogens is 329 g/mol. The second kappa shape index (κ2) is 13.2. The Morgan fingerprint density at radius 3 is 0.783 bits per heavy atom. The molecule has 0 amide bonds. The molecule has 6 N–H and O–H groups in total. The van der Waals surface area contributed by atoms with Crippen molar-refractivity contribution in [3.63, 3.8) is 0 Å². The van der Waals surface area contributed by atoms with E-state index in [0.717, 1.165) is 0 Å². The second-order valence-electron chi connectivity index (χ2n) is 4.72. The van der Waals surface area contributed by atoms with Crippen LogP contribution in [0.25, 0.3) is 0 Å². The largest absolute Gasteiger partial charge is 0.395 e. The summed E-state index contributed by atoms with van der Waals surface area (Å²) in [5.74, 6) is 0. The highest BCUT2D eigenvalue weighted by atomic mass is 31.2. The number of rotatable bonds is 15. The highest BCUT2D eigenvalue weighted by molar-refractivity contribution is 7.56. The molecule has 0 aromatic carbocycles. The fraction of sp³-hybridized carbons (Fsp3) is 1.00. The second-order valence-corrected chi connectivity index (χ2v) is 7.44. The number of aliphatic hydroxyl groups is 6. The van der Waals surface area contributed by atoms with Gasteiger partial charge in [-0.1, -0.05) is 0 Å². The van der Waals surface area contributed by atoms with Crippen molar-refractivity contribution >= 4 is 7.59 Å². The molecule has 0 atom stereocenters. The van der Waals surface area contributed by atoms with Crippen molar-refractivity contribution in [2.75, 3.05) is 78.9 Å². The van der Waals surface area contributed by atoms with Crippen molar-refractivity contribution in [2.45, 2.75) is 0 Å². The lowest BCUT2D eigenvalue weighted by molar-refractivity contribution is 0.152. The van der Waals surface area contributed by atoms with Crippen LogP contribution >= 0.6 is 7.59 Å². The maximum atomic E-state index is 13.8. The topological polar surface area (TPSA) is 148 Å². The number of nitrogens with zero attached hydrogens (tertiary/aromatic N) is 3. The molecule has 23 heavy (non-hydrogen) atoms. The minimum absolute atomic E-state index is 0.00144. The van der Waals surface area contributed by atoms with Gasteiger partial charge in [0.2, 0.25) is 0 Å². The van der Waals surface area contributed by atoms with Crippen LogP contribution in [0.4, 0.5) is 0 Å². The average Bonchev–Trinajstić information content (AvgIpc) is 2.53. The predicted molar refractivity (Wildman–Crippen MR) is 84.8 cm³/mol. The van der Waals surface area contributed by atoms with Crippen LogP contribution in [0.2, 0.25) is 0 Å². The van der Waals surface area contributed by atoms with E-state index < -0.39 is 7.59 Å². The molecule has 10 nitrogen and oxygen atoms in total. The Kier molecular flexibility index (Phi) is 13.1. The van der Waals surface area contributed by atoms with Crippen LogP contribution < -0.4 is 0 Å². The molecule has 0 rings (SSSR count). The van der Waals surface area contributed by atoms with Crippen molar-refractivity contribution in [1.29, 1.82) is 0 Å². The molecule has 0 aromatic rings. The zero-order valence-corrected chi connectivity index (χ0v) is 14.3. The molecule has 140 valence electrons. The van der Waals surface area contributed by atoms with Crippen molar-refractivity contribution in [1.82, 2.24) is 14.0 Å². The maximum Gasteiger partial charge on any atom is 0.287 e. The average molecular weight is 359 g/mol. The third-order valence-electron chi connectivity index (χ3n) is 3.25. The van der Waals surface area contributed by atoms with E-state index in [1.165, 1.54) is 14.0 Å².